The number of nitrogens with one attached hydrogen (secondary N) is 1. The third-order valence-electron chi connectivity index (χ3n) is 3.53. The van der Waals surface area contributed by atoms with Crippen LogP contribution in [0.3, 0.4) is 0 Å². The summed E-state index contributed by atoms with van der Waals surface area (Å²) >= 11 is 0. The number of hydrogen-bond acceptors (Lipinski definition) is 5. The van der Waals surface area contributed by atoms with E-state index >= 15 is 0 Å². The predicted molar refractivity (Wildman–Crippen MR) is 70.0 cm³/mol. The van der Waals surface area contributed by atoms with Gasteiger partial charge < -0.3 is 4.74 Å². The highest BCUT2D eigenvalue weighted by Crippen LogP contribution is 2.30. The van der Waals surface area contributed by atoms with Gasteiger partial charge in [-0.25, -0.2) is 4.79 Å². The SMILES string of the molecule is COCc1ccc2c(c1)C(=O)[N+](C1CCC(=O)NC1=O)=N2. The number of nitrogens with zero attached hydrogens (tertiary/aromatic N) is 2. The Morgan fingerprint density at radius 1 is 1.38 bits per heavy atom. The lowest BCUT2D eigenvalue weighted by Crippen LogP contribution is -2.49. The molecule has 7 nitrogen and oxygen atoms in total. The first-order valence-electron chi connectivity index (χ1n) is 6.61. The molecule has 1 atom stereocenters. The summed E-state index contributed by atoms with van der Waals surface area (Å²) in [6.07, 6.45) is 0.500. The summed E-state index contributed by atoms with van der Waals surface area (Å²) in [5.74, 6) is -1.12. The van der Waals surface area contributed by atoms with Crippen molar-refractivity contribution in [2.24, 2.45) is 5.11 Å². The summed E-state index contributed by atoms with van der Waals surface area (Å²) < 4.78 is 6.21. The van der Waals surface area contributed by atoms with Crippen molar-refractivity contribution in [1.29, 1.82) is 0 Å². The molecule has 1 fully saturated rings. The third kappa shape index (κ3) is 2.36. The molecule has 0 saturated carbocycles. The van der Waals surface area contributed by atoms with Crippen molar-refractivity contribution in [1.82, 2.24) is 5.32 Å². The second-order valence-electron chi connectivity index (χ2n) is 5.00. The van der Waals surface area contributed by atoms with Gasteiger partial charge in [-0.2, -0.15) is 0 Å². The molecule has 1 aromatic carbocycles. The van der Waals surface area contributed by atoms with Crippen molar-refractivity contribution in [2.45, 2.75) is 25.5 Å². The van der Waals surface area contributed by atoms with Crippen LogP contribution < -0.4 is 5.32 Å². The predicted octanol–water partition coefficient (Wildman–Crippen LogP) is 0.888. The van der Waals surface area contributed by atoms with Crippen LogP contribution in [-0.2, 0) is 20.9 Å². The summed E-state index contributed by atoms with van der Waals surface area (Å²) in [7, 11) is 1.58. The Morgan fingerprint density at radius 2 is 2.19 bits per heavy atom. The van der Waals surface area contributed by atoms with Gasteiger partial charge in [-0.1, -0.05) is 6.07 Å². The molecule has 1 saturated heterocycles. The van der Waals surface area contributed by atoms with Crippen molar-refractivity contribution in [3.05, 3.63) is 29.3 Å². The van der Waals surface area contributed by atoms with Crippen LogP contribution in [0.15, 0.2) is 23.3 Å². The molecule has 3 rings (SSSR count). The second-order valence-corrected chi connectivity index (χ2v) is 5.00. The van der Waals surface area contributed by atoms with E-state index in [1.807, 2.05) is 6.07 Å². The first-order chi connectivity index (χ1) is 10.1. The molecule has 108 valence electrons. The number of amides is 3. The summed E-state index contributed by atoms with van der Waals surface area (Å²) in [5.41, 5.74) is 1.85. The first kappa shape index (κ1) is 13.6. The maximum atomic E-state index is 12.4. The quantitative estimate of drug-likeness (QED) is 0.661. The smallest absolute Gasteiger partial charge is 0.380 e. The average molecular weight is 288 g/mol. The largest absolute Gasteiger partial charge is 0.447 e. The monoisotopic (exact) mass is 288 g/mol. The highest BCUT2D eigenvalue weighted by Gasteiger charge is 2.45. The lowest BCUT2D eigenvalue weighted by molar-refractivity contribution is -0.517. The van der Waals surface area contributed by atoms with Crippen LogP contribution in [0.1, 0.15) is 28.8 Å². The van der Waals surface area contributed by atoms with Crippen LogP contribution >= 0.6 is 0 Å². The zero-order valence-corrected chi connectivity index (χ0v) is 11.5. The second kappa shape index (κ2) is 5.17. The van der Waals surface area contributed by atoms with E-state index in [1.165, 1.54) is 4.70 Å². The molecule has 1 unspecified atom stereocenters. The fourth-order valence-corrected chi connectivity index (χ4v) is 2.51. The first-order valence-corrected chi connectivity index (χ1v) is 6.61. The topological polar surface area (TPSA) is 87.8 Å². The average Bonchev–Trinajstić information content (AvgIpc) is 2.77. The zero-order chi connectivity index (χ0) is 15.0. The van der Waals surface area contributed by atoms with Crippen LogP contribution in [0.25, 0.3) is 0 Å². The minimum Gasteiger partial charge on any atom is -0.380 e. The Balaban J connectivity index is 1.88. The van der Waals surface area contributed by atoms with Gasteiger partial charge in [-0.15, -0.1) is 0 Å². The normalized spacial score (nSPS) is 21.1. The molecule has 2 heterocycles. The molecule has 0 bridgehead atoms. The van der Waals surface area contributed by atoms with Crippen LogP contribution in [0.2, 0.25) is 0 Å². The van der Waals surface area contributed by atoms with Gasteiger partial charge in [0.1, 0.15) is 11.3 Å². The van der Waals surface area contributed by atoms with E-state index in [0.29, 0.717) is 24.3 Å². The highest BCUT2D eigenvalue weighted by molar-refractivity contribution is 6.02. The van der Waals surface area contributed by atoms with E-state index in [1.54, 1.807) is 19.2 Å². The molecule has 2 aliphatic rings. The lowest BCUT2D eigenvalue weighted by Gasteiger charge is -2.14. The Kier molecular flexibility index (Phi) is 3.34. The standard InChI is InChI=1S/C14H13N3O4/c1-21-7-8-2-3-10-9(6-8)14(20)17(16-10)11-4-5-12(18)15-13(11)19/h2-3,6,11H,4-5,7H2,1H3/p+1. The van der Waals surface area contributed by atoms with Crippen molar-refractivity contribution >= 4 is 23.4 Å². The molecule has 0 aromatic heterocycles. The molecule has 0 radical (unpaired) electrons. The molecular weight excluding hydrogens is 274 g/mol. The van der Waals surface area contributed by atoms with Crippen LogP contribution in [0.4, 0.5) is 5.69 Å². The molecule has 3 amide bonds. The minimum atomic E-state index is -0.728. The number of imide groups is 1. The Bertz CT molecular complexity index is 681. The Morgan fingerprint density at radius 3 is 2.90 bits per heavy atom. The van der Waals surface area contributed by atoms with E-state index in [0.717, 1.165) is 5.56 Å². The van der Waals surface area contributed by atoms with E-state index in [2.05, 4.69) is 10.4 Å². The van der Waals surface area contributed by atoms with Gasteiger partial charge >= 0.3 is 5.91 Å². The summed E-state index contributed by atoms with van der Waals surface area (Å²) in [5, 5.41) is 6.44. The molecule has 1 aromatic rings. The van der Waals surface area contributed by atoms with Crippen molar-refractivity contribution in [3.63, 3.8) is 0 Å². The van der Waals surface area contributed by atoms with Gasteiger partial charge in [0.2, 0.25) is 5.91 Å². The van der Waals surface area contributed by atoms with Crippen molar-refractivity contribution in [3.8, 4) is 0 Å². The van der Waals surface area contributed by atoms with Crippen molar-refractivity contribution < 1.29 is 23.8 Å². The number of hydrogen-bond donors (Lipinski definition) is 1. The number of azo groups is 2. The van der Waals surface area contributed by atoms with Crippen LogP contribution in [-0.4, -0.2) is 35.6 Å². The van der Waals surface area contributed by atoms with E-state index in [9.17, 15) is 14.4 Å². The number of ether oxygens (including phenoxy) is 1. The van der Waals surface area contributed by atoms with Gasteiger partial charge in [0.05, 0.1) is 6.61 Å². The fourth-order valence-electron chi connectivity index (χ4n) is 2.51. The fraction of sp³-hybridized carbons (Fsp3) is 0.357. The van der Waals surface area contributed by atoms with Gasteiger partial charge in [0.15, 0.2) is 0 Å². The highest BCUT2D eigenvalue weighted by atomic mass is 16.5. The van der Waals surface area contributed by atoms with Gasteiger partial charge in [-0.3, -0.25) is 14.9 Å². The number of methoxy groups -OCH3 is 1. The van der Waals surface area contributed by atoms with Gasteiger partial charge in [0.25, 0.3) is 11.9 Å². The van der Waals surface area contributed by atoms with Crippen LogP contribution in [0.5, 0.6) is 0 Å². The molecule has 1 N–H and O–H groups in total. The van der Waals surface area contributed by atoms with E-state index in [-0.39, 0.29) is 18.2 Å². The molecule has 2 aliphatic heterocycles. The molecular formula is C14H14N3O4+. The summed E-state index contributed by atoms with van der Waals surface area (Å²) in [4.78, 5) is 35.4. The maximum absolute atomic E-state index is 12.4. The molecule has 0 spiro atoms. The third-order valence-corrected chi connectivity index (χ3v) is 3.53. The van der Waals surface area contributed by atoms with Gasteiger partial charge in [0, 0.05) is 25.1 Å². The summed E-state index contributed by atoms with van der Waals surface area (Å²) in [6.45, 7) is 0.402. The van der Waals surface area contributed by atoms with Crippen LogP contribution in [0, 0.1) is 0 Å². The number of rotatable bonds is 3. The number of piperidine rings is 1. The molecule has 7 heteroatoms. The lowest BCUT2D eigenvalue weighted by atomic mass is 10.0. The number of fused-ring (bicyclic) bond motifs is 1. The summed E-state index contributed by atoms with van der Waals surface area (Å²) in [6, 6.07) is 4.55. The number of carbonyl (C=O) groups is 3. The zero-order valence-electron chi connectivity index (χ0n) is 11.5. The number of carbonyl (C=O) groups excluding carboxylic acids is 3. The van der Waals surface area contributed by atoms with E-state index < -0.39 is 11.9 Å². The Labute approximate surface area is 120 Å². The maximum Gasteiger partial charge on any atom is 0.447 e. The number of benzene rings is 1. The molecule has 21 heavy (non-hydrogen) atoms. The van der Waals surface area contributed by atoms with Gasteiger partial charge in [-0.05, 0) is 22.4 Å². The minimum absolute atomic E-state index is 0.209. The molecule has 0 aliphatic carbocycles. The Hall–Kier alpha value is -2.41. The van der Waals surface area contributed by atoms with E-state index in [4.69, 9.17) is 4.74 Å². The van der Waals surface area contributed by atoms with Crippen molar-refractivity contribution in [2.75, 3.05) is 7.11 Å².